The van der Waals surface area contributed by atoms with E-state index in [2.05, 4.69) is 77.9 Å². The molecule has 0 saturated heterocycles. The largest absolute Gasteiger partial charge is 0.285 e. The van der Waals surface area contributed by atoms with Crippen LogP contribution in [-0.2, 0) is 10.1 Å². The average molecular weight is 571 g/mol. The Morgan fingerprint density at radius 3 is 1.74 bits per heavy atom. The molecule has 2 atom stereocenters. The Balaban J connectivity index is 2.00. The summed E-state index contributed by atoms with van der Waals surface area (Å²) in [5, 5.41) is 1.20. The van der Waals surface area contributed by atoms with Crippen molar-refractivity contribution in [2.45, 2.75) is 134 Å². The summed E-state index contributed by atoms with van der Waals surface area (Å²) in [6.07, 6.45) is 10.8. The second-order valence-electron chi connectivity index (χ2n) is 13.1. The van der Waals surface area contributed by atoms with Crippen molar-refractivity contribution in [2.24, 2.45) is 5.92 Å². The molecule has 0 spiro atoms. The van der Waals surface area contributed by atoms with Crippen LogP contribution in [0.25, 0.3) is 11.1 Å². The molecule has 0 amide bonds. The molecule has 2 aliphatic carbocycles. The van der Waals surface area contributed by atoms with Gasteiger partial charge in [-0.15, -0.1) is 0 Å². The molecule has 2 aliphatic rings. The molecule has 216 valence electrons. The number of benzene rings is 2. The highest BCUT2D eigenvalue weighted by molar-refractivity contribution is 7.96. The molecule has 2 unspecified atom stereocenters. The summed E-state index contributed by atoms with van der Waals surface area (Å²) in [4.78, 5) is -0.669. The van der Waals surface area contributed by atoms with Gasteiger partial charge in [0.05, 0.1) is 0 Å². The maximum Gasteiger partial charge on any atom is 0.272 e. The molecule has 2 aromatic rings. The van der Waals surface area contributed by atoms with Gasteiger partial charge in [-0.25, -0.2) is 0 Å². The highest BCUT2D eigenvalue weighted by Gasteiger charge is 2.44. The van der Waals surface area contributed by atoms with E-state index in [4.69, 9.17) is 0 Å². The smallest absolute Gasteiger partial charge is 0.272 e. The van der Waals surface area contributed by atoms with Crippen molar-refractivity contribution in [3.05, 3.63) is 53.1 Å². The second-order valence-corrected chi connectivity index (χ2v) is 17.5. The van der Waals surface area contributed by atoms with Crippen molar-refractivity contribution < 1.29 is 13.0 Å². The lowest BCUT2D eigenvalue weighted by molar-refractivity contribution is 0.359. The maximum atomic E-state index is 13.4. The molecule has 3 nitrogen and oxygen atoms in total. The quantitative estimate of drug-likeness (QED) is 0.241. The molecule has 2 aromatic carbocycles. The molecule has 4 rings (SSSR count). The first-order valence-electron chi connectivity index (χ1n) is 15.5. The van der Waals surface area contributed by atoms with E-state index in [9.17, 15) is 13.0 Å². The normalized spacial score (nSPS) is 19.6. The van der Waals surface area contributed by atoms with Crippen LogP contribution in [0.4, 0.5) is 0 Å². The van der Waals surface area contributed by atoms with Gasteiger partial charge in [0, 0.05) is 0 Å². The van der Waals surface area contributed by atoms with Gasteiger partial charge in [-0.3, -0.25) is 4.55 Å². The molecule has 0 aliphatic heterocycles. The molecule has 5 heteroatoms. The van der Waals surface area contributed by atoms with Gasteiger partial charge in [0.1, 0.15) is 4.99 Å². The highest BCUT2D eigenvalue weighted by Crippen LogP contribution is 2.58. The summed E-state index contributed by atoms with van der Waals surface area (Å²) in [5.74, 6) is 1.19. The summed E-state index contributed by atoms with van der Waals surface area (Å²) in [7, 11) is -5.32. The van der Waals surface area contributed by atoms with Crippen LogP contribution in [0, 0.1) is 5.92 Å². The van der Waals surface area contributed by atoms with Gasteiger partial charge < -0.3 is 0 Å². The Morgan fingerprint density at radius 2 is 1.26 bits per heavy atom. The molecule has 2 fully saturated rings. The lowest BCUT2D eigenvalue weighted by Gasteiger charge is -2.41. The summed E-state index contributed by atoms with van der Waals surface area (Å²) >= 11 is 0. The fourth-order valence-electron chi connectivity index (χ4n) is 7.11. The Hall–Kier alpha value is -1.22. The summed E-state index contributed by atoms with van der Waals surface area (Å²) < 4.78 is 37.7. The average Bonchev–Trinajstić information content (AvgIpc) is 2.91. The molecule has 1 N–H and O–H groups in total. The molecular weight excluding hydrogens is 519 g/mol. The van der Waals surface area contributed by atoms with Gasteiger partial charge in [0.15, 0.2) is 0 Å². The molecule has 0 aromatic heterocycles. The van der Waals surface area contributed by atoms with Crippen LogP contribution < -0.4 is 5.30 Å². The van der Waals surface area contributed by atoms with E-state index >= 15 is 0 Å². The van der Waals surface area contributed by atoms with Crippen LogP contribution in [0.2, 0.25) is 0 Å². The van der Waals surface area contributed by atoms with Crippen molar-refractivity contribution in [1.82, 2.24) is 0 Å². The monoisotopic (exact) mass is 570 g/mol. The maximum absolute atomic E-state index is 13.4. The molecule has 0 radical (unpaired) electrons. The lowest BCUT2D eigenvalue weighted by atomic mass is 9.82. The standard InChI is InChI=1S/C34H51O3PS/c1-23(2)27-21-30(24(3)4)33(31(22-27)25(5)6)29-19-13-14-20-32(29)38(28-17-11-8-12-18-28)34(39(35,36)37)26-15-9-7-10-16-26/h13-14,19-26,28,34H,7-12,15-18H2,1-6H3,(H,35,36,37). The number of rotatable bonds is 9. The third-order valence-corrected chi connectivity index (χ3v) is 14.9. The van der Waals surface area contributed by atoms with Crippen molar-refractivity contribution in [3.8, 4) is 11.1 Å². The van der Waals surface area contributed by atoms with Crippen LogP contribution in [0.15, 0.2) is 36.4 Å². The summed E-state index contributed by atoms with van der Waals surface area (Å²) in [5.41, 5.74) is 6.94. The minimum atomic E-state index is -4.20. The van der Waals surface area contributed by atoms with Crippen molar-refractivity contribution in [1.29, 1.82) is 0 Å². The van der Waals surface area contributed by atoms with Gasteiger partial charge in [0.25, 0.3) is 10.1 Å². The van der Waals surface area contributed by atoms with Crippen molar-refractivity contribution in [2.75, 3.05) is 0 Å². The molecule has 2 saturated carbocycles. The minimum absolute atomic E-state index is 0.0484. The number of hydrogen-bond acceptors (Lipinski definition) is 2. The highest BCUT2D eigenvalue weighted by atomic mass is 32.2. The summed E-state index contributed by atoms with van der Waals surface area (Å²) in [6, 6.07) is 13.5. The van der Waals surface area contributed by atoms with Crippen molar-refractivity contribution >= 4 is 23.3 Å². The van der Waals surface area contributed by atoms with Gasteiger partial charge in [-0.1, -0.05) is 116 Å². The fourth-order valence-corrected chi connectivity index (χ4v) is 13.4. The SMILES string of the molecule is CC(C)c1cc(C(C)C)c(-c2ccccc2P(C2CCCCC2)C(C2CCCCC2)S(=O)(=O)O)c(C(C)C)c1. The van der Waals surface area contributed by atoms with Gasteiger partial charge in [0.2, 0.25) is 0 Å². The van der Waals surface area contributed by atoms with Crippen LogP contribution in [0.3, 0.4) is 0 Å². The van der Waals surface area contributed by atoms with Crippen LogP contribution in [0.5, 0.6) is 0 Å². The van der Waals surface area contributed by atoms with Crippen molar-refractivity contribution in [3.63, 3.8) is 0 Å². The first-order chi connectivity index (χ1) is 18.5. The van der Waals surface area contributed by atoms with E-state index in [1.54, 1.807) is 0 Å². The van der Waals surface area contributed by atoms with Gasteiger partial charge in [-0.2, -0.15) is 8.42 Å². The fraction of sp³-hybridized carbons (Fsp3) is 0.647. The van der Waals surface area contributed by atoms with E-state index < -0.39 is 23.0 Å². The predicted octanol–water partition coefficient (Wildman–Crippen LogP) is 9.96. The third kappa shape index (κ3) is 6.99. The Kier molecular flexibility index (Phi) is 10.4. The molecular formula is C34H51O3PS. The van der Waals surface area contributed by atoms with E-state index in [1.807, 2.05) is 0 Å². The minimum Gasteiger partial charge on any atom is -0.285 e. The van der Waals surface area contributed by atoms with Gasteiger partial charge >= 0.3 is 0 Å². The topological polar surface area (TPSA) is 54.4 Å². The first kappa shape index (κ1) is 30.7. The molecule has 39 heavy (non-hydrogen) atoms. The first-order valence-corrected chi connectivity index (χ1v) is 18.5. The zero-order valence-electron chi connectivity index (χ0n) is 25.1. The van der Waals surface area contributed by atoms with Crippen LogP contribution >= 0.6 is 7.92 Å². The zero-order valence-corrected chi connectivity index (χ0v) is 26.8. The Bertz CT molecular complexity index is 1180. The lowest BCUT2D eigenvalue weighted by Crippen LogP contribution is -2.36. The van der Waals surface area contributed by atoms with E-state index in [0.717, 1.165) is 51.4 Å². The Labute approximate surface area is 240 Å². The summed E-state index contributed by atoms with van der Waals surface area (Å²) in [6.45, 7) is 13.7. The second kappa shape index (κ2) is 13.2. The predicted molar refractivity (Wildman–Crippen MR) is 169 cm³/mol. The van der Waals surface area contributed by atoms with Gasteiger partial charge in [-0.05, 0) is 96.1 Å². The van der Waals surface area contributed by atoms with Crippen LogP contribution in [-0.4, -0.2) is 23.6 Å². The Morgan fingerprint density at radius 1 is 0.744 bits per heavy atom. The van der Waals surface area contributed by atoms with E-state index in [-0.39, 0.29) is 5.92 Å². The number of hydrogen-bond donors (Lipinski definition) is 1. The third-order valence-electron chi connectivity index (χ3n) is 9.18. The van der Waals surface area contributed by atoms with E-state index in [0.29, 0.717) is 23.4 Å². The molecule has 0 heterocycles. The zero-order chi connectivity index (χ0) is 28.3. The molecule has 0 bridgehead atoms. The van der Waals surface area contributed by atoms with Crippen LogP contribution in [0.1, 0.15) is 140 Å². The van der Waals surface area contributed by atoms with E-state index in [1.165, 1.54) is 46.0 Å².